The molecule has 0 aromatic heterocycles. The third kappa shape index (κ3) is 6.21. The number of hydrogen-bond acceptors (Lipinski definition) is 0. The molecule has 0 nitrogen and oxygen atoms in total. The third-order valence-electron chi connectivity index (χ3n) is 6.98. The van der Waals surface area contributed by atoms with E-state index in [1.807, 2.05) is 0 Å². The second kappa shape index (κ2) is 8.85. The van der Waals surface area contributed by atoms with Crippen molar-refractivity contribution in [1.29, 1.82) is 0 Å². The number of rotatable bonds is 7. The van der Waals surface area contributed by atoms with Crippen LogP contribution in [0.25, 0.3) is 0 Å². The van der Waals surface area contributed by atoms with Gasteiger partial charge in [-0.1, -0.05) is 130 Å². The monoisotopic (exact) mass is 388 g/mol. The lowest BCUT2D eigenvalue weighted by molar-refractivity contribution is 0.229. The fraction of sp³-hybridized carbons (Fsp3) is 0.769. The largest absolute Gasteiger partial charge is 0.0656 e. The van der Waals surface area contributed by atoms with Gasteiger partial charge in [-0.3, -0.25) is 0 Å². The van der Waals surface area contributed by atoms with Crippen LogP contribution in [0.4, 0.5) is 0 Å². The van der Waals surface area contributed by atoms with Crippen molar-refractivity contribution in [3.05, 3.63) is 35.4 Å². The first-order chi connectivity index (χ1) is 12.1. The summed E-state index contributed by atoms with van der Waals surface area (Å²) in [6.07, 6.45) is 1.23. The quantitative estimate of drug-likeness (QED) is 0.409. The topological polar surface area (TPSA) is 0 Å². The van der Waals surface area contributed by atoms with Crippen molar-refractivity contribution in [2.45, 2.75) is 118 Å². The van der Waals surface area contributed by atoms with Crippen molar-refractivity contribution in [3.8, 4) is 0 Å². The van der Waals surface area contributed by atoms with E-state index in [4.69, 9.17) is 0 Å². The molecule has 1 atom stereocenters. The summed E-state index contributed by atoms with van der Waals surface area (Å²) in [5.41, 5.74) is 6.19. The van der Waals surface area contributed by atoms with Crippen molar-refractivity contribution in [2.75, 3.05) is 0 Å². The Balaban J connectivity index is 3.19. The van der Waals surface area contributed by atoms with Crippen LogP contribution in [-0.2, 0) is 6.04 Å². The van der Waals surface area contributed by atoms with Gasteiger partial charge in [-0.2, -0.15) is 0 Å². The van der Waals surface area contributed by atoms with E-state index in [0.717, 1.165) is 16.6 Å². The highest BCUT2D eigenvalue weighted by Gasteiger charge is 2.42. The van der Waals surface area contributed by atoms with Crippen LogP contribution in [0.3, 0.4) is 0 Å². The van der Waals surface area contributed by atoms with Gasteiger partial charge in [0.1, 0.15) is 0 Å². The Hall–Kier alpha value is -0.563. The minimum atomic E-state index is -1.39. The molecular weight excluding hydrogens is 340 g/mol. The Labute approximate surface area is 172 Å². The average Bonchev–Trinajstić information content (AvgIpc) is 2.48. The predicted octanol–water partition coefficient (Wildman–Crippen LogP) is 9.01. The Morgan fingerprint density at radius 1 is 0.704 bits per heavy atom. The second-order valence-electron chi connectivity index (χ2n) is 12.2. The van der Waals surface area contributed by atoms with Gasteiger partial charge >= 0.3 is 0 Å². The lowest BCUT2D eigenvalue weighted by atomic mass is 9.69. The minimum Gasteiger partial charge on any atom is -0.0651 e. The lowest BCUT2D eigenvalue weighted by Gasteiger charge is -2.43. The van der Waals surface area contributed by atoms with E-state index in [2.05, 4.69) is 107 Å². The molecule has 0 spiro atoms. The van der Waals surface area contributed by atoms with Crippen LogP contribution in [-0.4, -0.2) is 8.07 Å². The zero-order chi connectivity index (χ0) is 21.2. The molecule has 0 saturated carbocycles. The molecule has 1 aromatic carbocycles. The van der Waals surface area contributed by atoms with E-state index in [9.17, 15) is 0 Å². The van der Waals surface area contributed by atoms with Crippen molar-refractivity contribution in [2.24, 2.45) is 10.8 Å². The van der Waals surface area contributed by atoms with Crippen LogP contribution < -0.4 is 0 Å². The first-order valence-corrected chi connectivity index (χ1v) is 13.6. The van der Waals surface area contributed by atoms with Gasteiger partial charge in [0.2, 0.25) is 0 Å². The fourth-order valence-corrected chi connectivity index (χ4v) is 11.5. The minimum absolute atomic E-state index is 0.293. The molecule has 0 fully saturated rings. The maximum Gasteiger partial charge on any atom is 0.0656 e. The molecule has 1 unspecified atom stereocenters. The zero-order valence-electron chi connectivity index (χ0n) is 20.5. The number of benzene rings is 1. The summed E-state index contributed by atoms with van der Waals surface area (Å²) in [5, 5.41) is 0. The highest BCUT2D eigenvalue weighted by Crippen LogP contribution is 2.45. The number of hydrogen-bond donors (Lipinski definition) is 0. The molecule has 1 heteroatoms. The molecule has 0 aliphatic rings. The molecule has 0 aliphatic carbocycles. The van der Waals surface area contributed by atoms with Gasteiger partial charge in [0.25, 0.3) is 0 Å². The van der Waals surface area contributed by atoms with Crippen molar-refractivity contribution >= 4 is 8.07 Å². The molecule has 27 heavy (non-hydrogen) atoms. The third-order valence-corrected chi connectivity index (χ3v) is 14.4. The van der Waals surface area contributed by atoms with Crippen LogP contribution >= 0.6 is 0 Å². The summed E-state index contributed by atoms with van der Waals surface area (Å²) in [6.45, 7) is 29.1. The summed E-state index contributed by atoms with van der Waals surface area (Å²) >= 11 is 0. The van der Waals surface area contributed by atoms with Gasteiger partial charge in [0, 0.05) is 0 Å². The molecule has 0 aliphatic heterocycles. The summed E-state index contributed by atoms with van der Waals surface area (Å²) in [7, 11) is -1.39. The first-order valence-electron chi connectivity index (χ1n) is 11.2. The van der Waals surface area contributed by atoms with Crippen LogP contribution in [0.1, 0.15) is 107 Å². The summed E-state index contributed by atoms with van der Waals surface area (Å²) in [5.74, 6) is 0.605. The van der Waals surface area contributed by atoms with Gasteiger partial charge in [-0.15, -0.1) is 0 Å². The van der Waals surface area contributed by atoms with E-state index >= 15 is 0 Å². The maximum absolute atomic E-state index is 2.47. The first kappa shape index (κ1) is 24.5. The predicted molar refractivity (Wildman–Crippen MR) is 127 cm³/mol. The van der Waals surface area contributed by atoms with Crippen LogP contribution in [0.2, 0.25) is 16.6 Å². The molecule has 0 saturated heterocycles. The molecule has 1 aromatic rings. The molecule has 1 rings (SSSR count). The molecular formula is C26H48Si. The zero-order valence-corrected chi connectivity index (χ0v) is 21.5. The second-order valence-corrected chi connectivity index (χ2v) is 18.2. The molecule has 0 amide bonds. The Bertz CT molecular complexity index is 542. The summed E-state index contributed by atoms with van der Waals surface area (Å²) in [4.78, 5) is 0. The van der Waals surface area contributed by atoms with Gasteiger partial charge in [0.15, 0.2) is 0 Å². The van der Waals surface area contributed by atoms with Crippen molar-refractivity contribution < 1.29 is 0 Å². The Kier molecular flexibility index (Phi) is 8.02. The summed E-state index contributed by atoms with van der Waals surface area (Å²) in [6, 6.07) is 11.1. The fourth-order valence-electron chi connectivity index (χ4n) is 5.37. The Morgan fingerprint density at radius 3 is 1.41 bits per heavy atom. The van der Waals surface area contributed by atoms with Gasteiger partial charge in [0.05, 0.1) is 8.07 Å². The summed E-state index contributed by atoms with van der Waals surface area (Å²) < 4.78 is 0. The van der Waals surface area contributed by atoms with E-state index in [1.54, 1.807) is 5.56 Å². The van der Waals surface area contributed by atoms with Gasteiger partial charge < -0.3 is 0 Å². The maximum atomic E-state index is 2.47. The average molecular weight is 389 g/mol. The molecule has 0 radical (unpaired) electrons. The van der Waals surface area contributed by atoms with Crippen molar-refractivity contribution in [3.63, 3.8) is 0 Å². The highest BCUT2D eigenvalue weighted by atomic mass is 28.3. The SMILES string of the molecule is CC(C)[Si](Cc1ccc(C(CC(C)(C)C)C(C)(C)C)cc1)(C(C)C)C(C)C. The molecule has 0 bridgehead atoms. The Morgan fingerprint density at radius 2 is 1.11 bits per heavy atom. The van der Waals surface area contributed by atoms with Crippen LogP contribution in [0, 0.1) is 10.8 Å². The van der Waals surface area contributed by atoms with E-state index in [-0.39, 0.29) is 0 Å². The van der Waals surface area contributed by atoms with Crippen LogP contribution in [0.5, 0.6) is 0 Å². The van der Waals surface area contributed by atoms with E-state index in [0.29, 0.717) is 16.7 Å². The smallest absolute Gasteiger partial charge is 0.0651 e. The van der Waals surface area contributed by atoms with Gasteiger partial charge in [-0.25, -0.2) is 0 Å². The van der Waals surface area contributed by atoms with Gasteiger partial charge in [-0.05, 0) is 34.8 Å². The molecule has 0 heterocycles. The lowest BCUT2D eigenvalue weighted by Crippen LogP contribution is -2.47. The van der Waals surface area contributed by atoms with E-state index in [1.165, 1.54) is 18.0 Å². The highest BCUT2D eigenvalue weighted by molar-refractivity contribution is 6.83. The normalized spacial score (nSPS) is 15.1. The standard InChI is InChI=1S/C26H48Si/c1-19(2)27(20(3)4,21(5)6)18-22-13-15-23(16-14-22)24(26(10,11)12)17-25(7,8)9/h13-16,19-21,24H,17-18H2,1-12H3. The van der Waals surface area contributed by atoms with Crippen molar-refractivity contribution in [1.82, 2.24) is 0 Å². The van der Waals surface area contributed by atoms with Crippen LogP contribution in [0.15, 0.2) is 24.3 Å². The molecule has 0 N–H and O–H groups in total. The van der Waals surface area contributed by atoms with E-state index < -0.39 is 8.07 Å². The molecule has 156 valence electrons.